The predicted octanol–water partition coefficient (Wildman–Crippen LogP) is 2.71. The molecule has 1 saturated heterocycles. The van der Waals surface area contributed by atoms with E-state index in [2.05, 4.69) is 25.7 Å². The smallest absolute Gasteiger partial charge is 0.253 e. The Bertz CT molecular complexity index is 1150. The van der Waals surface area contributed by atoms with Gasteiger partial charge in [-0.1, -0.05) is 0 Å². The molecule has 2 N–H and O–H groups in total. The number of amides is 1. The molecule has 0 atom stereocenters. The van der Waals surface area contributed by atoms with Gasteiger partial charge in [-0.15, -0.1) is 0 Å². The van der Waals surface area contributed by atoms with E-state index < -0.39 is 0 Å². The van der Waals surface area contributed by atoms with Gasteiger partial charge in [0.2, 0.25) is 0 Å². The molecule has 1 amide bonds. The predicted molar refractivity (Wildman–Crippen MR) is 107 cm³/mol. The van der Waals surface area contributed by atoms with Gasteiger partial charge in [0, 0.05) is 60.8 Å². The van der Waals surface area contributed by atoms with Crippen LogP contribution in [0.1, 0.15) is 23.2 Å². The number of aliphatic hydroxyl groups is 1. The minimum Gasteiger partial charge on any atom is -0.393 e. The number of hydrogen-bond donors (Lipinski definition) is 2. The summed E-state index contributed by atoms with van der Waals surface area (Å²) >= 11 is 0. The number of aromatic amines is 1. The number of nitrogens with zero attached hydrogens (tertiary/aromatic N) is 4. The van der Waals surface area contributed by atoms with E-state index in [4.69, 9.17) is 0 Å². The first-order chi connectivity index (χ1) is 13.6. The van der Waals surface area contributed by atoms with E-state index in [-0.39, 0.29) is 12.0 Å². The van der Waals surface area contributed by atoms with Crippen molar-refractivity contribution in [1.29, 1.82) is 0 Å². The number of fused-ring (bicyclic) bond motifs is 2. The number of carbonyl (C=O) groups is 1. The van der Waals surface area contributed by atoms with E-state index in [9.17, 15) is 9.90 Å². The highest BCUT2D eigenvalue weighted by atomic mass is 16.3. The number of hydrogen-bond acceptors (Lipinski definition) is 4. The monoisotopic (exact) mass is 375 g/mol. The molecule has 1 aliphatic heterocycles. The molecule has 1 aliphatic rings. The number of aromatic nitrogens is 4. The zero-order valence-electron chi connectivity index (χ0n) is 15.6. The molecule has 3 aromatic heterocycles. The molecule has 142 valence electrons. The second kappa shape index (κ2) is 6.45. The van der Waals surface area contributed by atoms with Crippen LogP contribution >= 0.6 is 0 Å². The highest BCUT2D eigenvalue weighted by Gasteiger charge is 2.23. The van der Waals surface area contributed by atoms with Crippen molar-refractivity contribution in [2.75, 3.05) is 13.1 Å². The van der Waals surface area contributed by atoms with E-state index in [1.54, 1.807) is 12.4 Å². The quantitative estimate of drug-likeness (QED) is 0.564. The molecule has 7 nitrogen and oxygen atoms in total. The zero-order valence-corrected chi connectivity index (χ0v) is 15.6. The Kier molecular flexibility index (Phi) is 3.91. The molecule has 0 spiro atoms. The number of nitrogens with one attached hydrogen (secondary N) is 1. The number of carbonyl (C=O) groups excluding carboxylic acids is 1. The standard InChI is InChI=1S/C21H21N5O2/c1-25-12-16(17-11-18-20(24-17)23-7-6-22-18)15-10-13(2-3-19(15)25)21(28)26-8-4-14(27)5-9-26/h2-3,6-7,10-12,14,27H,4-5,8-9H2,1H3,(H,23,24). The average molecular weight is 375 g/mol. The van der Waals surface area contributed by atoms with Crippen molar-refractivity contribution in [2.45, 2.75) is 18.9 Å². The van der Waals surface area contributed by atoms with E-state index in [1.807, 2.05) is 36.2 Å². The normalized spacial score (nSPS) is 15.6. The molecule has 1 aromatic carbocycles. The first kappa shape index (κ1) is 16.9. The lowest BCUT2D eigenvalue weighted by molar-refractivity contribution is 0.0546. The molecule has 7 heteroatoms. The van der Waals surface area contributed by atoms with Gasteiger partial charge in [0.25, 0.3) is 5.91 Å². The molecular weight excluding hydrogens is 354 g/mol. The topological polar surface area (TPSA) is 87.0 Å². The summed E-state index contributed by atoms with van der Waals surface area (Å²) in [7, 11) is 2.00. The van der Waals surface area contributed by atoms with Crippen LogP contribution in [0, 0.1) is 0 Å². The number of aryl methyl sites for hydroxylation is 1. The third-order valence-corrected chi connectivity index (χ3v) is 5.54. The van der Waals surface area contributed by atoms with Gasteiger partial charge in [0.1, 0.15) is 5.52 Å². The summed E-state index contributed by atoms with van der Waals surface area (Å²) in [5, 5.41) is 10.7. The molecule has 0 radical (unpaired) electrons. The fourth-order valence-corrected chi connectivity index (χ4v) is 3.99. The minimum absolute atomic E-state index is 0.0172. The third kappa shape index (κ3) is 2.75. The van der Waals surface area contributed by atoms with Gasteiger partial charge in [-0.25, -0.2) is 4.98 Å². The molecule has 0 bridgehead atoms. The van der Waals surface area contributed by atoms with Crippen molar-refractivity contribution < 1.29 is 9.90 Å². The summed E-state index contributed by atoms with van der Waals surface area (Å²) in [6.07, 6.45) is 6.38. The first-order valence-electron chi connectivity index (χ1n) is 9.46. The largest absolute Gasteiger partial charge is 0.393 e. The summed E-state index contributed by atoms with van der Waals surface area (Å²) in [4.78, 5) is 26.8. The molecule has 4 aromatic rings. The number of likely N-dealkylation sites (tertiary alicyclic amines) is 1. The Morgan fingerprint density at radius 1 is 1.18 bits per heavy atom. The molecule has 0 aliphatic carbocycles. The number of aliphatic hydroxyl groups excluding tert-OH is 1. The highest BCUT2D eigenvalue weighted by molar-refractivity contribution is 6.03. The van der Waals surface area contributed by atoms with E-state index in [0.717, 1.165) is 33.3 Å². The van der Waals surface area contributed by atoms with Gasteiger partial charge in [-0.2, -0.15) is 0 Å². The maximum Gasteiger partial charge on any atom is 0.253 e. The van der Waals surface area contributed by atoms with Crippen molar-refractivity contribution in [3.05, 3.63) is 48.4 Å². The summed E-state index contributed by atoms with van der Waals surface area (Å²) < 4.78 is 2.06. The Labute approximate surface area is 161 Å². The highest BCUT2D eigenvalue weighted by Crippen LogP contribution is 2.32. The number of H-pyrrole nitrogens is 1. The van der Waals surface area contributed by atoms with Crippen LogP contribution in [0.25, 0.3) is 33.3 Å². The summed E-state index contributed by atoms with van der Waals surface area (Å²) in [5.74, 6) is 0.0172. The lowest BCUT2D eigenvalue weighted by atomic mass is 10.0. The first-order valence-corrected chi connectivity index (χ1v) is 9.46. The average Bonchev–Trinajstić information content (AvgIpc) is 3.29. The van der Waals surface area contributed by atoms with Crippen molar-refractivity contribution in [2.24, 2.45) is 7.05 Å². The molecule has 5 rings (SSSR count). The zero-order chi connectivity index (χ0) is 19.3. The van der Waals surface area contributed by atoms with Gasteiger partial charge in [0.15, 0.2) is 5.65 Å². The van der Waals surface area contributed by atoms with Crippen LogP contribution in [0.2, 0.25) is 0 Å². The molecular formula is C21H21N5O2. The summed E-state index contributed by atoms with van der Waals surface area (Å²) in [6.45, 7) is 1.19. The van der Waals surface area contributed by atoms with Gasteiger partial charge >= 0.3 is 0 Å². The number of rotatable bonds is 2. The maximum atomic E-state index is 13.0. The van der Waals surface area contributed by atoms with Crippen LogP contribution in [-0.2, 0) is 7.05 Å². The molecule has 0 unspecified atom stereocenters. The summed E-state index contributed by atoms with van der Waals surface area (Å²) in [5.41, 5.74) is 5.23. The lowest BCUT2D eigenvalue weighted by Gasteiger charge is -2.29. The van der Waals surface area contributed by atoms with E-state index in [1.165, 1.54) is 0 Å². The Balaban J connectivity index is 1.57. The van der Waals surface area contributed by atoms with Crippen molar-refractivity contribution in [3.8, 4) is 11.3 Å². The van der Waals surface area contributed by atoms with Gasteiger partial charge < -0.3 is 19.6 Å². The molecule has 1 fully saturated rings. The summed E-state index contributed by atoms with van der Waals surface area (Å²) in [6, 6.07) is 7.82. The van der Waals surface area contributed by atoms with Crippen LogP contribution < -0.4 is 0 Å². The fraction of sp³-hybridized carbons (Fsp3) is 0.286. The van der Waals surface area contributed by atoms with Gasteiger partial charge in [-0.3, -0.25) is 9.78 Å². The maximum absolute atomic E-state index is 13.0. The van der Waals surface area contributed by atoms with Crippen LogP contribution in [0.5, 0.6) is 0 Å². The van der Waals surface area contributed by atoms with Gasteiger partial charge in [-0.05, 0) is 37.1 Å². The number of piperidine rings is 1. The van der Waals surface area contributed by atoms with Gasteiger partial charge in [0.05, 0.1) is 11.8 Å². The van der Waals surface area contributed by atoms with Crippen LogP contribution in [0.4, 0.5) is 0 Å². The fourth-order valence-electron chi connectivity index (χ4n) is 3.99. The minimum atomic E-state index is -0.295. The van der Waals surface area contributed by atoms with E-state index in [0.29, 0.717) is 31.5 Å². The van der Waals surface area contributed by atoms with Crippen molar-refractivity contribution >= 4 is 28.0 Å². The number of benzene rings is 1. The third-order valence-electron chi connectivity index (χ3n) is 5.54. The molecule has 4 heterocycles. The lowest BCUT2D eigenvalue weighted by Crippen LogP contribution is -2.40. The Hall–Kier alpha value is -3.19. The van der Waals surface area contributed by atoms with Crippen molar-refractivity contribution in [3.63, 3.8) is 0 Å². The molecule has 28 heavy (non-hydrogen) atoms. The Morgan fingerprint density at radius 3 is 2.75 bits per heavy atom. The molecule has 0 saturated carbocycles. The van der Waals surface area contributed by atoms with Crippen LogP contribution in [0.3, 0.4) is 0 Å². The van der Waals surface area contributed by atoms with Crippen molar-refractivity contribution in [1.82, 2.24) is 24.4 Å². The second-order valence-corrected chi connectivity index (χ2v) is 7.38. The SMILES string of the molecule is Cn1cc(-c2cc3nccnc3[nH]2)c2cc(C(=O)N3CCC(O)CC3)ccc21. The Morgan fingerprint density at radius 2 is 1.96 bits per heavy atom. The van der Waals surface area contributed by atoms with Crippen LogP contribution in [-0.4, -0.2) is 54.6 Å². The van der Waals surface area contributed by atoms with E-state index >= 15 is 0 Å². The van der Waals surface area contributed by atoms with Crippen LogP contribution in [0.15, 0.2) is 42.9 Å². The second-order valence-electron chi connectivity index (χ2n) is 7.38.